The highest BCUT2D eigenvalue weighted by Gasteiger charge is 2.28. The van der Waals surface area contributed by atoms with Crippen molar-refractivity contribution >= 4 is 5.91 Å². The number of aryl methyl sites for hydroxylation is 1. The van der Waals surface area contributed by atoms with E-state index >= 15 is 0 Å². The number of ether oxygens (including phenoxy) is 3. The summed E-state index contributed by atoms with van der Waals surface area (Å²) < 4.78 is 18.1. The minimum Gasteiger partial charge on any atom is -0.508 e. The van der Waals surface area contributed by atoms with Crippen LogP contribution in [0, 0.1) is 0 Å². The fourth-order valence-electron chi connectivity index (χ4n) is 4.47. The zero-order chi connectivity index (χ0) is 25.1. The summed E-state index contributed by atoms with van der Waals surface area (Å²) in [6.45, 7) is 0.0916. The number of amides is 1. The van der Waals surface area contributed by atoms with Gasteiger partial charge in [0.25, 0.3) is 0 Å². The predicted octanol–water partition coefficient (Wildman–Crippen LogP) is 4.29. The van der Waals surface area contributed by atoms with Crippen molar-refractivity contribution in [3.05, 3.63) is 102 Å². The second-order valence-corrected chi connectivity index (χ2v) is 8.60. The van der Waals surface area contributed by atoms with Gasteiger partial charge in [0.2, 0.25) is 12.7 Å². The molecule has 1 aromatic heterocycles. The average Bonchev–Trinajstić information content (AvgIpc) is 3.54. The zero-order valence-electron chi connectivity index (χ0n) is 20.0. The molecule has 1 aliphatic rings. The number of nitrogens with zero attached hydrogens (tertiary/aromatic N) is 2. The summed E-state index contributed by atoms with van der Waals surface area (Å²) in [6, 6.07) is 20.0. The molecule has 4 aromatic rings. The van der Waals surface area contributed by atoms with Gasteiger partial charge in [-0.1, -0.05) is 42.5 Å². The van der Waals surface area contributed by atoms with Gasteiger partial charge in [-0.15, -0.1) is 0 Å². The highest BCUT2D eigenvalue weighted by molar-refractivity contribution is 5.79. The Bertz CT molecular complexity index is 1350. The summed E-state index contributed by atoms with van der Waals surface area (Å²) >= 11 is 0. The third-order valence-corrected chi connectivity index (χ3v) is 6.36. The Morgan fingerprint density at radius 3 is 2.47 bits per heavy atom. The van der Waals surface area contributed by atoms with Crippen LogP contribution in [0.5, 0.6) is 23.0 Å². The van der Waals surface area contributed by atoms with E-state index in [4.69, 9.17) is 14.2 Å². The predicted molar refractivity (Wildman–Crippen MR) is 133 cm³/mol. The van der Waals surface area contributed by atoms with E-state index < -0.39 is 12.0 Å². The summed E-state index contributed by atoms with van der Waals surface area (Å²) in [4.78, 5) is 18.0. The summed E-state index contributed by atoms with van der Waals surface area (Å²) in [5, 5.41) is 14.0. The van der Waals surface area contributed by atoms with Crippen molar-refractivity contribution in [2.24, 2.45) is 7.05 Å². The van der Waals surface area contributed by atoms with Crippen LogP contribution in [0.2, 0.25) is 0 Å². The molecule has 0 spiro atoms. The molecule has 0 fully saturated rings. The third-order valence-electron chi connectivity index (χ3n) is 6.36. The third kappa shape index (κ3) is 4.70. The van der Waals surface area contributed by atoms with Crippen molar-refractivity contribution in [3.8, 4) is 23.0 Å². The van der Waals surface area contributed by atoms with Crippen LogP contribution >= 0.6 is 0 Å². The molecule has 2 N–H and O–H groups in total. The standard InChI is InChI=1S/C28H27N3O5/c1-31-13-12-29-28(31)27(19-6-4-3-5-7-19)30-26(33)15-21(18-8-10-20(34-2)11-9-18)22-14-24-25(16-23(22)32)36-17-35-24/h3-14,16,21,27,32H,15,17H2,1-2H3,(H,30,33). The first-order valence-electron chi connectivity index (χ1n) is 11.6. The van der Waals surface area contributed by atoms with Gasteiger partial charge in [0, 0.05) is 43.4 Å². The number of hydrogen-bond donors (Lipinski definition) is 2. The number of carbonyl (C=O) groups is 1. The lowest BCUT2D eigenvalue weighted by Gasteiger charge is -2.23. The van der Waals surface area contributed by atoms with Crippen LogP contribution in [0.1, 0.15) is 40.9 Å². The zero-order valence-corrected chi connectivity index (χ0v) is 20.0. The molecule has 2 unspecified atom stereocenters. The van der Waals surface area contributed by atoms with Crippen LogP contribution < -0.4 is 19.5 Å². The molecule has 5 rings (SSSR count). The van der Waals surface area contributed by atoms with E-state index in [1.54, 1.807) is 19.4 Å². The number of nitrogens with one attached hydrogen (secondary N) is 1. The lowest BCUT2D eigenvalue weighted by atomic mass is 9.87. The van der Waals surface area contributed by atoms with Crippen LogP contribution in [-0.2, 0) is 11.8 Å². The SMILES string of the molecule is COc1ccc(C(CC(=O)NC(c2ccccc2)c2nccn2C)c2cc3c(cc2O)OCO3)cc1. The summed E-state index contributed by atoms with van der Waals surface area (Å²) in [6.07, 6.45) is 3.65. The van der Waals surface area contributed by atoms with Crippen molar-refractivity contribution in [2.75, 3.05) is 13.9 Å². The Morgan fingerprint density at radius 1 is 1.08 bits per heavy atom. The number of benzene rings is 3. The van der Waals surface area contributed by atoms with E-state index in [-0.39, 0.29) is 24.9 Å². The summed E-state index contributed by atoms with van der Waals surface area (Å²) in [5.74, 6) is 1.85. The number of phenolic OH excluding ortho intramolecular Hbond substituents is 1. The second kappa shape index (κ2) is 10.0. The van der Waals surface area contributed by atoms with Gasteiger partial charge in [-0.05, 0) is 29.3 Å². The molecule has 0 aliphatic carbocycles. The smallest absolute Gasteiger partial charge is 0.231 e. The van der Waals surface area contributed by atoms with Crippen molar-refractivity contribution in [2.45, 2.75) is 18.4 Å². The quantitative estimate of drug-likeness (QED) is 0.387. The molecule has 2 heterocycles. The van der Waals surface area contributed by atoms with E-state index in [2.05, 4.69) is 10.3 Å². The normalized spacial score (nSPS) is 13.7. The average molecular weight is 486 g/mol. The first kappa shape index (κ1) is 23.3. The number of carbonyl (C=O) groups excluding carboxylic acids is 1. The molecular formula is C28H27N3O5. The maximum atomic E-state index is 13.5. The molecule has 8 nitrogen and oxygen atoms in total. The number of fused-ring (bicyclic) bond motifs is 1. The molecule has 0 radical (unpaired) electrons. The lowest BCUT2D eigenvalue weighted by molar-refractivity contribution is -0.121. The molecule has 0 saturated carbocycles. The van der Waals surface area contributed by atoms with Crippen LogP contribution in [0.3, 0.4) is 0 Å². The maximum Gasteiger partial charge on any atom is 0.231 e. The number of rotatable bonds is 8. The molecule has 184 valence electrons. The second-order valence-electron chi connectivity index (χ2n) is 8.60. The first-order chi connectivity index (χ1) is 17.5. The number of phenols is 1. The van der Waals surface area contributed by atoms with E-state index in [1.165, 1.54) is 6.07 Å². The molecule has 1 amide bonds. The van der Waals surface area contributed by atoms with Gasteiger partial charge in [0.15, 0.2) is 11.5 Å². The minimum atomic E-state index is -0.441. The van der Waals surface area contributed by atoms with Crippen LogP contribution in [0.15, 0.2) is 79.1 Å². The van der Waals surface area contributed by atoms with E-state index in [1.807, 2.05) is 72.4 Å². The Kier molecular flexibility index (Phi) is 6.49. The molecule has 3 aromatic carbocycles. The van der Waals surface area contributed by atoms with Gasteiger partial charge >= 0.3 is 0 Å². The van der Waals surface area contributed by atoms with Crippen molar-refractivity contribution in [1.29, 1.82) is 0 Å². The largest absolute Gasteiger partial charge is 0.508 e. The lowest BCUT2D eigenvalue weighted by Crippen LogP contribution is -2.32. The van der Waals surface area contributed by atoms with Crippen molar-refractivity contribution in [3.63, 3.8) is 0 Å². The van der Waals surface area contributed by atoms with E-state index in [0.29, 0.717) is 22.8 Å². The fraction of sp³-hybridized carbons (Fsp3) is 0.214. The fourth-order valence-corrected chi connectivity index (χ4v) is 4.47. The number of aromatic hydroxyl groups is 1. The van der Waals surface area contributed by atoms with Crippen molar-refractivity contribution in [1.82, 2.24) is 14.9 Å². The van der Waals surface area contributed by atoms with Crippen molar-refractivity contribution < 1.29 is 24.1 Å². The van der Waals surface area contributed by atoms with Crippen LogP contribution in [0.4, 0.5) is 0 Å². The molecule has 1 aliphatic heterocycles. The maximum absolute atomic E-state index is 13.5. The molecular weight excluding hydrogens is 458 g/mol. The minimum absolute atomic E-state index is 0.0385. The monoisotopic (exact) mass is 485 g/mol. The molecule has 0 saturated heterocycles. The molecule has 2 atom stereocenters. The molecule has 8 heteroatoms. The highest BCUT2D eigenvalue weighted by Crippen LogP contribution is 2.43. The van der Waals surface area contributed by atoms with Gasteiger partial charge in [-0.2, -0.15) is 0 Å². The first-order valence-corrected chi connectivity index (χ1v) is 11.6. The molecule has 0 bridgehead atoms. The number of hydrogen-bond acceptors (Lipinski definition) is 6. The Balaban J connectivity index is 1.48. The van der Waals surface area contributed by atoms with Gasteiger partial charge in [-0.3, -0.25) is 4.79 Å². The van der Waals surface area contributed by atoms with Crippen LogP contribution in [-0.4, -0.2) is 34.5 Å². The topological polar surface area (TPSA) is 94.8 Å². The van der Waals surface area contributed by atoms with Gasteiger partial charge in [0.1, 0.15) is 23.4 Å². The van der Waals surface area contributed by atoms with Gasteiger partial charge in [-0.25, -0.2) is 4.98 Å². The van der Waals surface area contributed by atoms with E-state index in [9.17, 15) is 9.90 Å². The number of methoxy groups -OCH3 is 1. The Morgan fingerprint density at radius 2 is 1.81 bits per heavy atom. The Labute approximate surface area is 209 Å². The van der Waals surface area contributed by atoms with Gasteiger partial charge in [0.05, 0.1) is 7.11 Å². The number of aromatic nitrogens is 2. The van der Waals surface area contributed by atoms with Gasteiger partial charge < -0.3 is 29.2 Å². The number of imidazole rings is 1. The highest BCUT2D eigenvalue weighted by atomic mass is 16.7. The van der Waals surface area contributed by atoms with Crippen LogP contribution in [0.25, 0.3) is 0 Å². The van der Waals surface area contributed by atoms with E-state index in [0.717, 1.165) is 17.0 Å². The summed E-state index contributed by atoms with van der Waals surface area (Å²) in [5.41, 5.74) is 2.35. The summed E-state index contributed by atoms with van der Waals surface area (Å²) in [7, 11) is 3.50. The Hall–Kier alpha value is -4.46. The molecule has 36 heavy (non-hydrogen) atoms.